The molecule has 1 saturated heterocycles. The van der Waals surface area contributed by atoms with Gasteiger partial charge in [0, 0.05) is 25.2 Å². The summed E-state index contributed by atoms with van der Waals surface area (Å²) in [4.78, 5) is 6.85. The highest BCUT2D eigenvalue weighted by molar-refractivity contribution is 5.85. The van der Waals surface area contributed by atoms with E-state index in [0.717, 1.165) is 56.4 Å². The minimum atomic E-state index is 0. The largest absolute Gasteiger partial charge is 0.373 e. The van der Waals surface area contributed by atoms with E-state index in [-0.39, 0.29) is 24.8 Å². The number of ether oxygens (including phenoxy) is 1. The molecule has 0 unspecified atom stereocenters. The smallest absolute Gasteiger partial charge is 0.163 e. The van der Waals surface area contributed by atoms with Crippen LogP contribution in [0, 0.1) is 0 Å². The second kappa shape index (κ2) is 9.57. The topological polar surface area (TPSA) is 56.1 Å². The molecule has 2 aromatic heterocycles. The number of piperidine rings is 1. The van der Waals surface area contributed by atoms with Crippen molar-refractivity contribution in [2.45, 2.75) is 31.8 Å². The minimum absolute atomic E-state index is 0. The first kappa shape index (κ1) is 21.6. The molecule has 0 saturated carbocycles. The quantitative estimate of drug-likeness (QED) is 0.611. The molecule has 5 rings (SSSR count). The summed E-state index contributed by atoms with van der Waals surface area (Å²) >= 11 is 0. The molecule has 3 aromatic rings. The van der Waals surface area contributed by atoms with Gasteiger partial charge >= 0.3 is 0 Å². The molecule has 8 heteroatoms. The Balaban J connectivity index is 0.00000120. The van der Waals surface area contributed by atoms with Crippen LogP contribution >= 0.6 is 24.8 Å². The zero-order valence-corrected chi connectivity index (χ0v) is 17.7. The number of hydrogen-bond acceptors (Lipinski definition) is 5. The lowest BCUT2D eigenvalue weighted by Crippen LogP contribution is -2.34. The predicted molar refractivity (Wildman–Crippen MR) is 118 cm³/mol. The fourth-order valence-electron chi connectivity index (χ4n) is 4.14. The SMILES string of the molecule is Cl.Cl.c1ccc(N2CCC(c3nnc4n3-c3ccccc3CCOC4)CC2)nc1. The molecule has 6 nitrogen and oxygen atoms in total. The average Bonchev–Trinajstić information content (AvgIpc) is 3.13. The second-order valence-electron chi connectivity index (χ2n) is 7.19. The van der Waals surface area contributed by atoms with E-state index in [9.17, 15) is 0 Å². The lowest BCUT2D eigenvalue weighted by Gasteiger charge is -2.32. The number of anilines is 1. The van der Waals surface area contributed by atoms with Crippen LogP contribution in [0.15, 0.2) is 48.7 Å². The van der Waals surface area contributed by atoms with Crippen molar-refractivity contribution in [1.29, 1.82) is 0 Å². The van der Waals surface area contributed by atoms with Crippen molar-refractivity contribution in [1.82, 2.24) is 19.7 Å². The van der Waals surface area contributed by atoms with E-state index in [0.29, 0.717) is 12.5 Å². The van der Waals surface area contributed by atoms with E-state index in [2.05, 4.69) is 55.0 Å². The van der Waals surface area contributed by atoms with E-state index < -0.39 is 0 Å². The van der Waals surface area contributed by atoms with Crippen LogP contribution in [-0.2, 0) is 17.8 Å². The van der Waals surface area contributed by atoms with Gasteiger partial charge in [0.05, 0.1) is 12.3 Å². The number of fused-ring (bicyclic) bond motifs is 3. The summed E-state index contributed by atoms with van der Waals surface area (Å²) in [5.74, 6) is 3.44. The van der Waals surface area contributed by atoms with Gasteiger partial charge in [0.25, 0.3) is 0 Å². The molecule has 2 aliphatic rings. The van der Waals surface area contributed by atoms with Crippen LogP contribution in [0.4, 0.5) is 5.82 Å². The lowest BCUT2D eigenvalue weighted by atomic mass is 9.95. The zero-order chi connectivity index (χ0) is 18.1. The fourth-order valence-corrected chi connectivity index (χ4v) is 4.14. The van der Waals surface area contributed by atoms with Gasteiger partial charge in [0.15, 0.2) is 5.82 Å². The van der Waals surface area contributed by atoms with Gasteiger partial charge in [-0.3, -0.25) is 4.57 Å². The molecule has 0 N–H and O–H groups in total. The number of para-hydroxylation sites is 1. The summed E-state index contributed by atoms with van der Waals surface area (Å²) in [5.41, 5.74) is 2.51. The molecule has 0 radical (unpaired) electrons. The van der Waals surface area contributed by atoms with Crippen molar-refractivity contribution in [3.63, 3.8) is 0 Å². The molecular weight excluding hydrogens is 409 g/mol. The van der Waals surface area contributed by atoms with Gasteiger partial charge in [-0.15, -0.1) is 35.0 Å². The van der Waals surface area contributed by atoms with Gasteiger partial charge in [-0.25, -0.2) is 4.98 Å². The molecule has 4 heterocycles. The van der Waals surface area contributed by atoms with Crippen molar-refractivity contribution in [2.24, 2.45) is 0 Å². The molecule has 29 heavy (non-hydrogen) atoms. The Labute approximate surface area is 183 Å². The number of halogens is 2. The van der Waals surface area contributed by atoms with Crippen LogP contribution in [0.25, 0.3) is 5.69 Å². The Kier molecular flexibility index (Phi) is 7.11. The molecule has 0 spiro atoms. The first-order valence-electron chi connectivity index (χ1n) is 9.66. The highest BCUT2D eigenvalue weighted by atomic mass is 35.5. The zero-order valence-electron chi connectivity index (χ0n) is 16.1. The predicted octanol–water partition coefficient (Wildman–Crippen LogP) is 3.96. The Morgan fingerprint density at radius 2 is 1.72 bits per heavy atom. The maximum absolute atomic E-state index is 5.79. The summed E-state index contributed by atoms with van der Waals surface area (Å²) in [7, 11) is 0. The number of hydrogen-bond donors (Lipinski definition) is 0. The van der Waals surface area contributed by atoms with Crippen molar-refractivity contribution in [3.05, 3.63) is 65.9 Å². The van der Waals surface area contributed by atoms with Crippen molar-refractivity contribution in [3.8, 4) is 5.69 Å². The molecule has 1 aromatic carbocycles. The molecule has 0 aliphatic carbocycles. The Morgan fingerprint density at radius 3 is 2.52 bits per heavy atom. The summed E-state index contributed by atoms with van der Waals surface area (Å²) in [6.45, 7) is 3.22. The molecule has 0 amide bonds. The van der Waals surface area contributed by atoms with E-state index in [1.165, 1.54) is 11.3 Å². The van der Waals surface area contributed by atoms with Crippen molar-refractivity contribution >= 4 is 30.6 Å². The third-order valence-electron chi connectivity index (χ3n) is 5.57. The van der Waals surface area contributed by atoms with Crippen LogP contribution < -0.4 is 4.90 Å². The van der Waals surface area contributed by atoms with Gasteiger partial charge in [0.1, 0.15) is 18.2 Å². The fraction of sp³-hybridized carbons (Fsp3) is 0.381. The van der Waals surface area contributed by atoms with Gasteiger partial charge < -0.3 is 9.64 Å². The van der Waals surface area contributed by atoms with E-state index in [1.54, 1.807) is 0 Å². The molecule has 0 bridgehead atoms. The molecule has 0 atom stereocenters. The maximum atomic E-state index is 5.79. The second-order valence-corrected chi connectivity index (χ2v) is 7.19. The first-order valence-corrected chi connectivity index (χ1v) is 9.66. The summed E-state index contributed by atoms with van der Waals surface area (Å²) in [5, 5.41) is 9.07. The van der Waals surface area contributed by atoms with Crippen LogP contribution in [0.5, 0.6) is 0 Å². The standard InChI is InChI=1S/C21H23N5O.2ClH/c1-2-6-18-16(5-1)10-14-27-15-20-23-24-21(26(18)20)17-8-12-25(13-9-17)19-7-3-4-11-22-19;;/h1-7,11,17H,8-10,12-15H2;2*1H. The van der Waals surface area contributed by atoms with Gasteiger partial charge in [0.2, 0.25) is 0 Å². The Bertz CT molecular complexity index is 926. The van der Waals surface area contributed by atoms with Crippen molar-refractivity contribution < 1.29 is 4.74 Å². The van der Waals surface area contributed by atoms with Crippen LogP contribution in [0.2, 0.25) is 0 Å². The Morgan fingerprint density at radius 1 is 0.931 bits per heavy atom. The van der Waals surface area contributed by atoms with E-state index in [4.69, 9.17) is 4.74 Å². The number of pyridine rings is 1. The summed E-state index contributed by atoms with van der Waals surface area (Å²) in [6, 6.07) is 14.6. The van der Waals surface area contributed by atoms with Crippen LogP contribution in [-0.4, -0.2) is 39.4 Å². The van der Waals surface area contributed by atoms with Gasteiger partial charge in [-0.1, -0.05) is 24.3 Å². The van der Waals surface area contributed by atoms with Crippen LogP contribution in [0.1, 0.15) is 36.0 Å². The average molecular weight is 434 g/mol. The van der Waals surface area contributed by atoms with E-state index >= 15 is 0 Å². The summed E-state index contributed by atoms with van der Waals surface area (Å²) in [6.07, 6.45) is 4.89. The number of aromatic nitrogens is 4. The van der Waals surface area contributed by atoms with E-state index in [1.807, 2.05) is 18.3 Å². The highest BCUT2D eigenvalue weighted by Crippen LogP contribution is 2.32. The summed E-state index contributed by atoms with van der Waals surface area (Å²) < 4.78 is 8.04. The molecular formula is C21H25Cl2N5O. The number of nitrogens with zero attached hydrogens (tertiary/aromatic N) is 5. The maximum Gasteiger partial charge on any atom is 0.163 e. The minimum Gasteiger partial charge on any atom is -0.373 e. The Hall–Kier alpha value is -2.15. The first-order chi connectivity index (χ1) is 13.4. The molecule has 154 valence electrons. The van der Waals surface area contributed by atoms with Gasteiger partial charge in [-0.05, 0) is 43.0 Å². The van der Waals surface area contributed by atoms with Gasteiger partial charge in [-0.2, -0.15) is 0 Å². The molecule has 1 fully saturated rings. The monoisotopic (exact) mass is 433 g/mol. The lowest BCUT2D eigenvalue weighted by molar-refractivity contribution is 0.115. The highest BCUT2D eigenvalue weighted by Gasteiger charge is 2.28. The van der Waals surface area contributed by atoms with Crippen molar-refractivity contribution in [2.75, 3.05) is 24.6 Å². The number of benzene rings is 1. The number of rotatable bonds is 2. The third kappa shape index (κ3) is 4.25. The third-order valence-corrected chi connectivity index (χ3v) is 5.57. The van der Waals surface area contributed by atoms with Crippen LogP contribution in [0.3, 0.4) is 0 Å². The molecule has 2 aliphatic heterocycles. The normalized spacial score (nSPS) is 16.5.